The van der Waals surface area contributed by atoms with Crippen LogP contribution in [0.15, 0.2) is 18.2 Å². The third-order valence-electron chi connectivity index (χ3n) is 3.62. The molecule has 0 aromatic heterocycles. The van der Waals surface area contributed by atoms with E-state index >= 15 is 0 Å². The molecule has 106 valence electrons. The van der Waals surface area contributed by atoms with Crippen molar-refractivity contribution in [3.8, 4) is 0 Å². The summed E-state index contributed by atoms with van der Waals surface area (Å²) in [6.07, 6.45) is 0.476. The van der Waals surface area contributed by atoms with Gasteiger partial charge >= 0.3 is 0 Å². The van der Waals surface area contributed by atoms with E-state index in [1.54, 1.807) is 0 Å². The molecule has 0 aliphatic rings. The maximum Gasteiger partial charge on any atom is 0.224 e. The molecule has 0 spiro atoms. The van der Waals surface area contributed by atoms with Crippen LogP contribution in [0.25, 0.3) is 0 Å². The normalized spacial score (nSPS) is 11.4. The first-order valence-electron chi connectivity index (χ1n) is 7.16. The van der Waals surface area contributed by atoms with Crippen molar-refractivity contribution in [1.82, 2.24) is 5.32 Å². The molecule has 1 aromatic carbocycles. The molecule has 0 heterocycles. The van der Waals surface area contributed by atoms with Crippen LogP contribution in [0.3, 0.4) is 0 Å². The van der Waals surface area contributed by atoms with Crippen LogP contribution < -0.4 is 5.32 Å². The highest BCUT2D eigenvalue weighted by atomic mass is 16.1. The first-order valence-corrected chi connectivity index (χ1v) is 7.16. The van der Waals surface area contributed by atoms with Gasteiger partial charge in [-0.25, -0.2) is 0 Å². The van der Waals surface area contributed by atoms with Crippen LogP contribution in [-0.2, 0) is 11.2 Å². The summed E-state index contributed by atoms with van der Waals surface area (Å²) >= 11 is 0. The molecule has 0 atom stereocenters. The fourth-order valence-corrected chi connectivity index (χ4v) is 2.50. The fourth-order valence-electron chi connectivity index (χ4n) is 2.50. The quantitative estimate of drug-likeness (QED) is 0.861. The first-order chi connectivity index (χ1) is 8.81. The van der Waals surface area contributed by atoms with Crippen molar-refractivity contribution in [2.75, 3.05) is 0 Å². The molecule has 1 amide bonds. The molecule has 0 saturated carbocycles. The number of carbonyl (C=O) groups excluding carboxylic acids is 1. The number of carbonyl (C=O) groups is 1. The van der Waals surface area contributed by atoms with Gasteiger partial charge in [-0.3, -0.25) is 4.79 Å². The van der Waals surface area contributed by atoms with Crippen LogP contribution in [0.5, 0.6) is 0 Å². The Hall–Kier alpha value is -1.31. The highest BCUT2D eigenvalue weighted by Gasteiger charge is 2.19. The number of hydrogen-bond acceptors (Lipinski definition) is 1. The lowest BCUT2D eigenvalue weighted by Gasteiger charge is -2.26. The van der Waals surface area contributed by atoms with Gasteiger partial charge in [-0.1, -0.05) is 51.5 Å². The number of nitrogens with one attached hydrogen (secondary N) is 1. The van der Waals surface area contributed by atoms with Crippen LogP contribution in [0.4, 0.5) is 0 Å². The minimum atomic E-state index is 0.126. The average Bonchev–Trinajstić information content (AvgIpc) is 2.30. The highest BCUT2D eigenvalue weighted by molar-refractivity contribution is 5.79. The van der Waals surface area contributed by atoms with Gasteiger partial charge in [0.2, 0.25) is 5.91 Å². The van der Waals surface area contributed by atoms with Crippen molar-refractivity contribution in [1.29, 1.82) is 0 Å². The second-order valence-electron chi connectivity index (χ2n) is 6.19. The Morgan fingerprint density at radius 1 is 1.11 bits per heavy atom. The van der Waals surface area contributed by atoms with Crippen molar-refractivity contribution >= 4 is 5.91 Å². The predicted molar refractivity (Wildman–Crippen MR) is 81.2 cm³/mol. The summed E-state index contributed by atoms with van der Waals surface area (Å²) in [7, 11) is 0. The number of hydrogen-bond donors (Lipinski definition) is 1. The lowest BCUT2D eigenvalue weighted by molar-refractivity contribution is -0.121. The summed E-state index contributed by atoms with van der Waals surface area (Å²) in [6.45, 7) is 12.7. The van der Waals surface area contributed by atoms with E-state index in [4.69, 9.17) is 0 Å². The number of amides is 1. The Labute approximate surface area is 117 Å². The molecule has 2 heteroatoms. The Morgan fingerprint density at radius 2 is 1.68 bits per heavy atom. The third-order valence-corrected chi connectivity index (χ3v) is 3.62. The number of benzene rings is 1. The molecular formula is C17H27NO. The summed E-state index contributed by atoms with van der Waals surface area (Å²) in [5.41, 5.74) is 3.52. The third kappa shape index (κ3) is 4.70. The molecule has 0 bridgehead atoms. The summed E-state index contributed by atoms with van der Waals surface area (Å²) in [4.78, 5) is 12.2. The molecular weight excluding hydrogens is 234 g/mol. The summed E-state index contributed by atoms with van der Waals surface area (Å²) in [5.74, 6) is 1.05. The van der Waals surface area contributed by atoms with Gasteiger partial charge in [-0.2, -0.15) is 0 Å². The minimum Gasteiger partial charge on any atom is -0.353 e. The topological polar surface area (TPSA) is 29.1 Å². The van der Waals surface area contributed by atoms with Crippen molar-refractivity contribution in [3.05, 3.63) is 34.9 Å². The van der Waals surface area contributed by atoms with E-state index in [0.29, 0.717) is 18.3 Å². The second kappa shape index (κ2) is 6.74. The molecule has 1 rings (SSSR count). The summed E-state index contributed by atoms with van der Waals surface area (Å²) in [5, 5.41) is 3.17. The van der Waals surface area contributed by atoms with Gasteiger partial charge in [0.1, 0.15) is 0 Å². The zero-order chi connectivity index (χ0) is 14.6. The van der Waals surface area contributed by atoms with E-state index in [1.165, 1.54) is 11.1 Å². The molecule has 0 aliphatic carbocycles. The Kier molecular flexibility index (Phi) is 5.59. The van der Waals surface area contributed by atoms with E-state index in [0.717, 1.165) is 5.56 Å². The first kappa shape index (κ1) is 15.7. The van der Waals surface area contributed by atoms with Crippen molar-refractivity contribution in [3.63, 3.8) is 0 Å². The average molecular weight is 261 g/mol. The SMILES string of the molecule is Cc1ccc(C)c(CC(=O)NC(C(C)C)C(C)C)c1. The smallest absolute Gasteiger partial charge is 0.224 e. The van der Waals surface area contributed by atoms with Crippen LogP contribution >= 0.6 is 0 Å². The Morgan fingerprint density at radius 3 is 2.21 bits per heavy atom. The maximum atomic E-state index is 12.2. The highest BCUT2D eigenvalue weighted by Crippen LogP contribution is 2.14. The minimum absolute atomic E-state index is 0.126. The largest absolute Gasteiger partial charge is 0.353 e. The van der Waals surface area contributed by atoms with Gasteiger partial charge in [0.15, 0.2) is 0 Å². The van der Waals surface area contributed by atoms with Crippen molar-refractivity contribution < 1.29 is 4.79 Å². The lowest BCUT2D eigenvalue weighted by atomic mass is 9.93. The molecule has 0 fully saturated rings. The Balaban J connectivity index is 2.72. The van der Waals surface area contributed by atoms with Crippen LogP contribution in [0, 0.1) is 25.7 Å². The molecule has 19 heavy (non-hydrogen) atoms. The van der Waals surface area contributed by atoms with Gasteiger partial charge in [-0.15, -0.1) is 0 Å². The van der Waals surface area contributed by atoms with E-state index in [-0.39, 0.29) is 11.9 Å². The summed E-state index contributed by atoms with van der Waals surface area (Å²) < 4.78 is 0. The molecule has 1 aromatic rings. The Bertz CT molecular complexity index is 427. The van der Waals surface area contributed by atoms with Gasteiger partial charge in [-0.05, 0) is 36.8 Å². The molecule has 1 N–H and O–H groups in total. The maximum absolute atomic E-state index is 12.2. The fraction of sp³-hybridized carbons (Fsp3) is 0.588. The standard InChI is InChI=1S/C17H27NO/c1-11(2)17(12(3)4)18-16(19)10-15-9-13(5)7-8-14(15)6/h7-9,11-12,17H,10H2,1-6H3,(H,18,19). The van der Waals surface area contributed by atoms with Crippen LogP contribution in [0.2, 0.25) is 0 Å². The van der Waals surface area contributed by atoms with E-state index in [9.17, 15) is 4.79 Å². The number of rotatable bonds is 5. The van der Waals surface area contributed by atoms with E-state index < -0.39 is 0 Å². The molecule has 0 aliphatic heterocycles. The number of aryl methyl sites for hydroxylation is 2. The van der Waals surface area contributed by atoms with Gasteiger partial charge in [0, 0.05) is 6.04 Å². The van der Waals surface area contributed by atoms with Crippen molar-refractivity contribution in [2.24, 2.45) is 11.8 Å². The van der Waals surface area contributed by atoms with E-state index in [1.807, 2.05) is 0 Å². The predicted octanol–water partition coefficient (Wildman–Crippen LogP) is 3.64. The van der Waals surface area contributed by atoms with Crippen LogP contribution in [-0.4, -0.2) is 11.9 Å². The van der Waals surface area contributed by atoms with Gasteiger partial charge in [0.05, 0.1) is 6.42 Å². The molecule has 0 saturated heterocycles. The van der Waals surface area contributed by atoms with Gasteiger partial charge < -0.3 is 5.32 Å². The molecule has 0 radical (unpaired) electrons. The van der Waals surface area contributed by atoms with Crippen molar-refractivity contribution in [2.45, 2.75) is 54.0 Å². The van der Waals surface area contributed by atoms with Gasteiger partial charge in [0.25, 0.3) is 0 Å². The van der Waals surface area contributed by atoms with E-state index in [2.05, 4.69) is 65.1 Å². The summed E-state index contributed by atoms with van der Waals surface area (Å²) in [6, 6.07) is 6.52. The monoisotopic (exact) mass is 261 g/mol. The second-order valence-corrected chi connectivity index (χ2v) is 6.19. The van der Waals surface area contributed by atoms with Crippen LogP contribution in [0.1, 0.15) is 44.4 Å². The molecule has 2 nitrogen and oxygen atoms in total. The zero-order valence-electron chi connectivity index (χ0n) is 13.1. The zero-order valence-corrected chi connectivity index (χ0v) is 13.1. The lowest BCUT2D eigenvalue weighted by Crippen LogP contribution is -2.42. The molecule has 0 unspecified atom stereocenters.